The number of hydrogen-bond acceptors (Lipinski definition) is 2. The third kappa shape index (κ3) is 2.30. The molecule has 0 saturated heterocycles. The number of carbonyl (C=O) groups excluding carboxylic acids is 1. The minimum absolute atomic E-state index is 0.251. The molecule has 1 saturated carbocycles. The maximum Gasteiger partial charge on any atom is 0.338 e. The fraction of sp³-hybridized carbons (Fsp3) is 0.400. The van der Waals surface area contributed by atoms with Gasteiger partial charge in [0.15, 0.2) is 0 Å². The van der Waals surface area contributed by atoms with E-state index >= 15 is 0 Å². The van der Waals surface area contributed by atoms with E-state index in [9.17, 15) is 4.79 Å². The van der Waals surface area contributed by atoms with Gasteiger partial charge in [0.05, 0.1) is 12.2 Å². The molecule has 0 aliphatic heterocycles. The van der Waals surface area contributed by atoms with Crippen LogP contribution in [0.3, 0.4) is 0 Å². The Kier molecular flexibility index (Phi) is 3.13. The fourth-order valence-electron chi connectivity index (χ4n) is 2.94. The van der Waals surface area contributed by atoms with Gasteiger partial charge in [0.25, 0.3) is 0 Å². The van der Waals surface area contributed by atoms with Crippen molar-refractivity contribution in [3.05, 3.63) is 47.0 Å². The molecule has 0 aromatic heterocycles. The summed E-state index contributed by atoms with van der Waals surface area (Å²) < 4.78 is 5.39. The van der Waals surface area contributed by atoms with Crippen LogP contribution in [-0.2, 0) is 4.74 Å². The van der Waals surface area contributed by atoms with Crippen LogP contribution in [0.15, 0.2) is 36.4 Å². The fourth-order valence-corrected chi connectivity index (χ4v) is 3.06. The van der Waals surface area contributed by atoms with Gasteiger partial charge in [0.2, 0.25) is 0 Å². The zero-order valence-corrected chi connectivity index (χ0v) is 10.8. The predicted molar refractivity (Wildman–Crippen MR) is 70.6 cm³/mol. The van der Waals surface area contributed by atoms with Crippen LogP contribution in [0.1, 0.15) is 23.2 Å². The van der Waals surface area contributed by atoms with E-state index in [-0.39, 0.29) is 5.97 Å². The van der Waals surface area contributed by atoms with Crippen LogP contribution < -0.4 is 0 Å². The molecule has 0 heterocycles. The molecular formula is C15H15ClO2. The van der Waals surface area contributed by atoms with E-state index in [2.05, 4.69) is 12.2 Å². The van der Waals surface area contributed by atoms with Crippen molar-refractivity contribution in [2.45, 2.75) is 12.8 Å². The molecule has 0 radical (unpaired) electrons. The van der Waals surface area contributed by atoms with E-state index in [1.807, 2.05) is 0 Å². The molecule has 2 aliphatic rings. The summed E-state index contributed by atoms with van der Waals surface area (Å²) in [4.78, 5) is 11.8. The molecule has 2 bridgehead atoms. The first-order chi connectivity index (χ1) is 8.72. The van der Waals surface area contributed by atoms with E-state index in [0.29, 0.717) is 34.9 Å². The summed E-state index contributed by atoms with van der Waals surface area (Å²) in [5.74, 6) is 1.59. The van der Waals surface area contributed by atoms with Gasteiger partial charge in [0, 0.05) is 5.02 Å². The average Bonchev–Trinajstić information content (AvgIpc) is 2.99. The molecule has 2 nitrogen and oxygen atoms in total. The molecule has 1 aromatic rings. The lowest BCUT2D eigenvalue weighted by Crippen LogP contribution is -2.17. The van der Waals surface area contributed by atoms with Crippen LogP contribution in [0, 0.1) is 17.8 Å². The Labute approximate surface area is 112 Å². The van der Waals surface area contributed by atoms with Gasteiger partial charge < -0.3 is 4.74 Å². The van der Waals surface area contributed by atoms with Gasteiger partial charge >= 0.3 is 5.97 Å². The van der Waals surface area contributed by atoms with Crippen molar-refractivity contribution in [3.63, 3.8) is 0 Å². The molecule has 3 rings (SSSR count). The largest absolute Gasteiger partial charge is 0.462 e. The number of allylic oxidation sites excluding steroid dienone is 2. The minimum atomic E-state index is -0.251. The highest BCUT2D eigenvalue weighted by Crippen LogP contribution is 2.43. The highest BCUT2D eigenvalue weighted by Gasteiger charge is 2.36. The first-order valence-electron chi connectivity index (χ1n) is 6.33. The summed E-state index contributed by atoms with van der Waals surface area (Å²) in [6, 6.07) is 6.81. The molecule has 94 valence electrons. The SMILES string of the molecule is O=C(OC[C@@H]1C[C@H]2C=C[C@H]1C2)c1ccc(Cl)cc1. The van der Waals surface area contributed by atoms with Gasteiger partial charge in [-0.2, -0.15) is 0 Å². The van der Waals surface area contributed by atoms with Crippen LogP contribution >= 0.6 is 11.6 Å². The molecule has 1 fully saturated rings. The third-order valence-electron chi connectivity index (χ3n) is 3.92. The Hall–Kier alpha value is -1.28. The number of benzene rings is 1. The van der Waals surface area contributed by atoms with Crippen molar-refractivity contribution in [3.8, 4) is 0 Å². The molecule has 0 spiro atoms. The summed E-state index contributed by atoms with van der Waals surface area (Å²) in [5, 5.41) is 0.629. The summed E-state index contributed by atoms with van der Waals surface area (Å²) >= 11 is 5.78. The molecule has 3 heteroatoms. The van der Waals surface area contributed by atoms with Crippen LogP contribution in [0.5, 0.6) is 0 Å². The number of fused-ring (bicyclic) bond motifs is 2. The summed E-state index contributed by atoms with van der Waals surface area (Å²) in [7, 11) is 0. The quantitative estimate of drug-likeness (QED) is 0.613. The Morgan fingerprint density at radius 1 is 1.22 bits per heavy atom. The summed E-state index contributed by atoms with van der Waals surface area (Å²) in [6.45, 7) is 0.535. The monoisotopic (exact) mass is 262 g/mol. The second-order valence-electron chi connectivity index (χ2n) is 5.15. The van der Waals surface area contributed by atoms with Gasteiger partial charge in [-0.05, 0) is 54.9 Å². The van der Waals surface area contributed by atoms with Gasteiger partial charge in [-0.25, -0.2) is 4.79 Å². The maximum atomic E-state index is 11.8. The van der Waals surface area contributed by atoms with Crippen molar-refractivity contribution < 1.29 is 9.53 Å². The van der Waals surface area contributed by atoms with Crippen molar-refractivity contribution in [2.24, 2.45) is 17.8 Å². The normalized spacial score (nSPS) is 28.6. The lowest BCUT2D eigenvalue weighted by Gasteiger charge is -2.17. The Morgan fingerprint density at radius 2 is 2.00 bits per heavy atom. The predicted octanol–water partition coefficient (Wildman–Crippen LogP) is 3.71. The third-order valence-corrected chi connectivity index (χ3v) is 4.18. The van der Waals surface area contributed by atoms with Crippen LogP contribution in [0.4, 0.5) is 0 Å². The van der Waals surface area contributed by atoms with Crippen LogP contribution in [-0.4, -0.2) is 12.6 Å². The first kappa shape index (κ1) is 11.8. The van der Waals surface area contributed by atoms with Crippen LogP contribution in [0.2, 0.25) is 5.02 Å². The second-order valence-corrected chi connectivity index (χ2v) is 5.58. The zero-order chi connectivity index (χ0) is 12.5. The van der Waals surface area contributed by atoms with E-state index in [1.54, 1.807) is 24.3 Å². The Balaban J connectivity index is 1.56. The minimum Gasteiger partial charge on any atom is -0.462 e. The highest BCUT2D eigenvalue weighted by atomic mass is 35.5. The van der Waals surface area contributed by atoms with E-state index in [1.165, 1.54) is 6.42 Å². The number of hydrogen-bond donors (Lipinski definition) is 0. The standard InChI is InChI=1S/C15H15ClO2/c16-14-5-3-11(4-6-14)15(17)18-9-13-8-10-1-2-12(13)7-10/h1-6,10,12-13H,7-9H2/t10-,12-,13-/m0/s1. The smallest absolute Gasteiger partial charge is 0.338 e. The van der Waals surface area contributed by atoms with Gasteiger partial charge in [-0.3, -0.25) is 0 Å². The van der Waals surface area contributed by atoms with E-state index < -0.39 is 0 Å². The second kappa shape index (κ2) is 4.77. The molecule has 2 aliphatic carbocycles. The molecule has 0 unspecified atom stereocenters. The lowest BCUT2D eigenvalue weighted by atomic mass is 9.95. The van der Waals surface area contributed by atoms with Crippen molar-refractivity contribution in [1.82, 2.24) is 0 Å². The van der Waals surface area contributed by atoms with Gasteiger partial charge in [-0.1, -0.05) is 23.8 Å². The molecular weight excluding hydrogens is 248 g/mol. The lowest BCUT2D eigenvalue weighted by molar-refractivity contribution is 0.0421. The molecule has 18 heavy (non-hydrogen) atoms. The van der Waals surface area contributed by atoms with E-state index in [0.717, 1.165) is 6.42 Å². The maximum absolute atomic E-state index is 11.8. The Morgan fingerprint density at radius 3 is 2.61 bits per heavy atom. The molecule has 3 atom stereocenters. The van der Waals surface area contributed by atoms with Crippen molar-refractivity contribution >= 4 is 17.6 Å². The number of rotatable bonds is 3. The summed E-state index contributed by atoms with van der Waals surface area (Å²) in [5.41, 5.74) is 0.568. The van der Waals surface area contributed by atoms with Gasteiger partial charge in [-0.15, -0.1) is 0 Å². The van der Waals surface area contributed by atoms with Gasteiger partial charge in [0.1, 0.15) is 0 Å². The molecule has 0 N–H and O–H groups in total. The number of ether oxygens (including phenoxy) is 1. The van der Waals surface area contributed by atoms with Crippen molar-refractivity contribution in [2.75, 3.05) is 6.61 Å². The topological polar surface area (TPSA) is 26.3 Å². The van der Waals surface area contributed by atoms with Crippen LogP contribution in [0.25, 0.3) is 0 Å². The van der Waals surface area contributed by atoms with E-state index in [4.69, 9.17) is 16.3 Å². The highest BCUT2D eigenvalue weighted by molar-refractivity contribution is 6.30. The Bertz CT molecular complexity index is 478. The number of esters is 1. The zero-order valence-electron chi connectivity index (χ0n) is 10.0. The summed E-state index contributed by atoms with van der Waals surface area (Å²) in [6.07, 6.45) is 6.97. The molecule has 0 amide bonds. The first-order valence-corrected chi connectivity index (χ1v) is 6.71. The molecule has 1 aromatic carbocycles. The number of carbonyl (C=O) groups is 1. The number of halogens is 1. The van der Waals surface area contributed by atoms with Crippen molar-refractivity contribution in [1.29, 1.82) is 0 Å². The average molecular weight is 263 g/mol.